The molecule has 8 heteroatoms. The quantitative estimate of drug-likeness (QED) is 0.335. The molecule has 1 rings (SSSR count). The molecule has 1 unspecified atom stereocenters. The average molecular weight is 360 g/mol. The molecule has 0 saturated carbocycles. The maximum absolute atomic E-state index is 11.6. The third-order valence-electron chi connectivity index (χ3n) is 2.52. The topological polar surface area (TPSA) is 95.7 Å². The van der Waals surface area contributed by atoms with Crippen molar-refractivity contribution in [2.45, 2.75) is 26.9 Å². The average Bonchev–Trinajstić information content (AvgIpc) is 2.39. The summed E-state index contributed by atoms with van der Waals surface area (Å²) in [6.07, 6.45) is -1.07. The number of hydrogen-bond acceptors (Lipinski definition) is 6. The number of ether oxygens (including phenoxy) is 2. The summed E-state index contributed by atoms with van der Waals surface area (Å²) in [5.41, 5.74) is -0.377. The predicted molar refractivity (Wildman–Crippen MR) is 77.5 cm³/mol. The highest BCUT2D eigenvalue weighted by Gasteiger charge is 2.27. The number of ketones is 1. The van der Waals surface area contributed by atoms with E-state index >= 15 is 0 Å². The van der Waals surface area contributed by atoms with Gasteiger partial charge in [0, 0.05) is 10.5 Å². The molecular weight excluding hydrogens is 346 g/mol. The minimum absolute atomic E-state index is 0.0206. The van der Waals surface area contributed by atoms with Gasteiger partial charge in [0.15, 0.2) is 11.9 Å². The Hall–Kier alpha value is -1.96. The van der Waals surface area contributed by atoms with Gasteiger partial charge in [0.25, 0.3) is 0 Å². The number of rotatable bonds is 6. The van der Waals surface area contributed by atoms with Gasteiger partial charge in [-0.2, -0.15) is 0 Å². The predicted octanol–water partition coefficient (Wildman–Crippen LogP) is 2.89. The van der Waals surface area contributed by atoms with Crippen molar-refractivity contribution in [2.24, 2.45) is 0 Å². The van der Waals surface area contributed by atoms with Gasteiger partial charge in [0.05, 0.1) is 17.1 Å². The number of Topliss-reactive ketones (excluding diaryl/α,β-unsaturated/α-hetero) is 1. The number of hydrogen-bond donors (Lipinski definition) is 0. The van der Waals surface area contributed by atoms with E-state index in [2.05, 4.69) is 15.9 Å². The van der Waals surface area contributed by atoms with Gasteiger partial charge in [0.1, 0.15) is 0 Å². The molecule has 7 nitrogen and oxygen atoms in total. The summed E-state index contributed by atoms with van der Waals surface area (Å²) in [7, 11) is 0. The molecule has 0 N–H and O–H groups in total. The van der Waals surface area contributed by atoms with Gasteiger partial charge in [-0.15, -0.1) is 0 Å². The van der Waals surface area contributed by atoms with E-state index in [9.17, 15) is 19.7 Å². The Morgan fingerprint density at radius 2 is 2.05 bits per heavy atom. The van der Waals surface area contributed by atoms with Gasteiger partial charge >= 0.3 is 11.7 Å². The molecule has 1 aromatic carbocycles. The summed E-state index contributed by atoms with van der Waals surface area (Å²) in [4.78, 5) is 33.6. The van der Waals surface area contributed by atoms with Crippen LogP contribution in [0.3, 0.4) is 0 Å². The van der Waals surface area contributed by atoms with Crippen LogP contribution in [-0.2, 0) is 9.53 Å². The smallest absolute Gasteiger partial charge is 0.347 e. The Bertz CT molecular complexity index is 551. The first kappa shape index (κ1) is 17.1. The molecule has 0 saturated heterocycles. The van der Waals surface area contributed by atoms with E-state index in [4.69, 9.17) is 9.47 Å². The van der Waals surface area contributed by atoms with Gasteiger partial charge in [-0.05, 0) is 26.8 Å². The fourth-order valence-electron chi connectivity index (χ4n) is 1.58. The van der Waals surface area contributed by atoms with Gasteiger partial charge in [-0.25, -0.2) is 4.79 Å². The molecule has 0 aliphatic rings. The van der Waals surface area contributed by atoms with Crippen LogP contribution in [0.5, 0.6) is 5.75 Å². The van der Waals surface area contributed by atoms with Crippen molar-refractivity contribution in [3.8, 4) is 5.75 Å². The summed E-state index contributed by atoms with van der Waals surface area (Å²) in [6.45, 7) is 4.45. The Morgan fingerprint density at radius 1 is 1.43 bits per heavy atom. The zero-order chi connectivity index (χ0) is 16.2. The summed E-state index contributed by atoms with van der Waals surface area (Å²) < 4.78 is 10.5. The molecule has 1 aromatic rings. The lowest BCUT2D eigenvalue weighted by Gasteiger charge is -2.15. The Balaban J connectivity index is 3.28. The lowest BCUT2D eigenvalue weighted by molar-refractivity contribution is -0.386. The lowest BCUT2D eigenvalue weighted by atomic mass is 10.1. The van der Waals surface area contributed by atoms with E-state index in [1.165, 1.54) is 26.0 Å². The molecule has 114 valence electrons. The second-order valence-corrected chi connectivity index (χ2v) is 5.04. The Kier molecular flexibility index (Phi) is 5.83. The van der Waals surface area contributed by atoms with Crippen LogP contribution in [0.4, 0.5) is 5.69 Å². The fraction of sp³-hybridized carbons (Fsp3) is 0.385. The van der Waals surface area contributed by atoms with E-state index in [-0.39, 0.29) is 17.9 Å². The van der Waals surface area contributed by atoms with Crippen molar-refractivity contribution in [3.05, 3.63) is 32.3 Å². The number of carbonyl (C=O) groups is 2. The molecule has 0 heterocycles. The van der Waals surface area contributed by atoms with Crippen LogP contribution in [0, 0.1) is 10.1 Å². The monoisotopic (exact) mass is 359 g/mol. The first-order valence-corrected chi connectivity index (χ1v) is 6.89. The van der Waals surface area contributed by atoms with Crippen LogP contribution in [0.1, 0.15) is 31.1 Å². The number of halogens is 1. The van der Waals surface area contributed by atoms with E-state index in [1.54, 1.807) is 6.92 Å². The van der Waals surface area contributed by atoms with Crippen molar-refractivity contribution < 1.29 is 24.0 Å². The zero-order valence-corrected chi connectivity index (χ0v) is 13.3. The van der Waals surface area contributed by atoms with Crippen LogP contribution in [0.2, 0.25) is 0 Å². The van der Waals surface area contributed by atoms with Crippen LogP contribution in [0.15, 0.2) is 16.6 Å². The van der Waals surface area contributed by atoms with Gasteiger partial charge < -0.3 is 9.47 Å². The van der Waals surface area contributed by atoms with Crippen LogP contribution < -0.4 is 4.74 Å². The molecule has 21 heavy (non-hydrogen) atoms. The van der Waals surface area contributed by atoms with Gasteiger partial charge in [0.2, 0.25) is 5.75 Å². The van der Waals surface area contributed by atoms with Crippen molar-refractivity contribution in [1.29, 1.82) is 0 Å². The number of benzene rings is 1. The number of carbonyl (C=O) groups excluding carboxylic acids is 2. The molecule has 0 radical (unpaired) electrons. The number of nitro groups is 1. The highest BCUT2D eigenvalue weighted by atomic mass is 79.9. The number of nitrogens with zero attached hydrogens (tertiary/aromatic N) is 1. The molecule has 0 aliphatic carbocycles. The molecule has 0 bridgehead atoms. The number of nitro benzene ring substituents is 1. The Labute approximate surface area is 129 Å². The maximum Gasteiger partial charge on any atom is 0.347 e. The molecule has 0 aromatic heterocycles. The van der Waals surface area contributed by atoms with Gasteiger partial charge in [-0.3, -0.25) is 14.9 Å². The van der Waals surface area contributed by atoms with Crippen molar-refractivity contribution in [1.82, 2.24) is 0 Å². The summed E-state index contributed by atoms with van der Waals surface area (Å²) in [6, 6.07) is 2.61. The largest absolute Gasteiger partial charge is 0.471 e. The second-order valence-electron chi connectivity index (χ2n) is 4.13. The van der Waals surface area contributed by atoms with Gasteiger partial charge in [-0.1, -0.05) is 15.9 Å². The molecule has 1 atom stereocenters. The van der Waals surface area contributed by atoms with Crippen LogP contribution in [-0.4, -0.2) is 29.4 Å². The van der Waals surface area contributed by atoms with E-state index < -0.39 is 28.5 Å². The zero-order valence-electron chi connectivity index (χ0n) is 11.7. The minimum Gasteiger partial charge on any atom is -0.471 e. The highest BCUT2D eigenvalue weighted by molar-refractivity contribution is 9.10. The first-order chi connectivity index (χ1) is 9.77. The minimum atomic E-state index is -1.07. The van der Waals surface area contributed by atoms with Crippen molar-refractivity contribution >= 4 is 33.4 Å². The summed E-state index contributed by atoms with van der Waals surface area (Å²) >= 11 is 3.10. The van der Waals surface area contributed by atoms with E-state index in [0.29, 0.717) is 4.47 Å². The molecule has 0 fully saturated rings. The molecular formula is C13H14BrNO6. The third-order valence-corrected chi connectivity index (χ3v) is 2.98. The molecule has 0 amide bonds. The van der Waals surface area contributed by atoms with Crippen molar-refractivity contribution in [3.63, 3.8) is 0 Å². The standard InChI is InChI=1S/C13H14BrNO6/c1-4-20-13(17)8(3)21-12-10(7(2)16)5-9(14)6-11(12)15(18)19/h5-6,8H,4H2,1-3H3. The summed E-state index contributed by atoms with van der Waals surface area (Å²) in [5.74, 6) is -1.31. The van der Waals surface area contributed by atoms with Crippen LogP contribution >= 0.6 is 15.9 Å². The van der Waals surface area contributed by atoms with E-state index in [1.807, 2.05) is 0 Å². The molecule has 0 aliphatic heterocycles. The second kappa shape index (κ2) is 7.16. The molecule has 0 spiro atoms. The fourth-order valence-corrected chi connectivity index (χ4v) is 2.03. The normalized spacial score (nSPS) is 11.6. The number of esters is 1. The highest BCUT2D eigenvalue weighted by Crippen LogP contribution is 2.35. The lowest BCUT2D eigenvalue weighted by Crippen LogP contribution is -2.27. The maximum atomic E-state index is 11.6. The SMILES string of the molecule is CCOC(=O)C(C)Oc1c(C(C)=O)cc(Br)cc1[N+](=O)[O-]. The summed E-state index contributed by atoms with van der Waals surface area (Å²) in [5, 5.41) is 11.1. The van der Waals surface area contributed by atoms with Crippen LogP contribution in [0.25, 0.3) is 0 Å². The van der Waals surface area contributed by atoms with Crippen molar-refractivity contribution in [2.75, 3.05) is 6.61 Å². The Morgan fingerprint density at radius 3 is 2.52 bits per heavy atom. The van der Waals surface area contributed by atoms with E-state index in [0.717, 1.165) is 0 Å². The third kappa shape index (κ3) is 4.25. The first-order valence-electron chi connectivity index (χ1n) is 6.10.